The van der Waals surface area contributed by atoms with Crippen molar-refractivity contribution in [2.24, 2.45) is 0 Å². The molecular weight excluding hydrogens is 252 g/mol. The fourth-order valence-corrected chi connectivity index (χ4v) is 2.94. The summed E-state index contributed by atoms with van der Waals surface area (Å²) in [6, 6.07) is 7.08. The molecule has 0 heterocycles. The summed E-state index contributed by atoms with van der Waals surface area (Å²) in [4.78, 5) is 11.5. The van der Waals surface area contributed by atoms with Crippen molar-refractivity contribution in [2.45, 2.75) is 0 Å². The lowest BCUT2D eigenvalue weighted by atomic mass is 9.96. The predicted molar refractivity (Wildman–Crippen MR) is 67.0 cm³/mol. The van der Waals surface area contributed by atoms with Crippen molar-refractivity contribution in [3.63, 3.8) is 0 Å². The normalized spacial score (nSPS) is 17.6. The van der Waals surface area contributed by atoms with E-state index in [1.165, 1.54) is 0 Å². The maximum absolute atomic E-state index is 11.8. The van der Waals surface area contributed by atoms with Gasteiger partial charge in [-0.25, -0.2) is 0 Å². The zero-order valence-corrected chi connectivity index (χ0v) is 9.94. The molecule has 0 atom stereocenters. The molecular formula is C13H8O4S. The van der Waals surface area contributed by atoms with Crippen LogP contribution in [-0.4, -0.2) is 18.8 Å². The van der Waals surface area contributed by atoms with Gasteiger partial charge < -0.3 is 0 Å². The van der Waals surface area contributed by atoms with Crippen LogP contribution in [0.4, 0.5) is 0 Å². The van der Waals surface area contributed by atoms with E-state index in [0.29, 0.717) is 16.7 Å². The third-order valence-corrected chi connectivity index (χ3v) is 3.87. The first kappa shape index (κ1) is 11.1. The van der Waals surface area contributed by atoms with Gasteiger partial charge in [0.2, 0.25) is 0 Å². The molecule has 0 aromatic heterocycles. The standard InChI is InChI=1S/C13H8O4S/c14-11-5-6-12(18(15,16)17)13-9-4-2-1-3-8(9)7-10(11)13/h1-7H,(H,15,16,17). The molecule has 5 heteroatoms. The summed E-state index contributed by atoms with van der Waals surface area (Å²) in [7, 11) is -4.35. The summed E-state index contributed by atoms with van der Waals surface area (Å²) in [5.41, 5.74) is 2.03. The van der Waals surface area contributed by atoms with Gasteiger partial charge in [-0.3, -0.25) is 9.35 Å². The van der Waals surface area contributed by atoms with E-state index in [2.05, 4.69) is 0 Å². The van der Waals surface area contributed by atoms with Gasteiger partial charge in [-0.05, 0) is 29.4 Å². The molecule has 18 heavy (non-hydrogen) atoms. The molecule has 1 aromatic carbocycles. The lowest BCUT2D eigenvalue weighted by Crippen LogP contribution is -2.11. The molecule has 0 radical (unpaired) electrons. The summed E-state index contributed by atoms with van der Waals surface area (Å²) in [5.74, 6) is -0.256. The van der Waals surface area contributed by atoms with Gasteiger partial charge in [-0.1, -0.05) is 24.3 Å². The third-order valence-electron chi connectivity index (χ3n) is 2.98. The van der Waals surface area contributed by atoms with Crippen LogP contribution in [-0.2, 0) is 14.9 Å². The van der Waals surface area contributed by atoms with Crippen LogP contribution in [0.2, 0.25) is 0 Å². The van der Waals surface area contributed by atoms with E-state index in [1.807, 2.05) is 0 Å². The topological polar surface area (TPSA) is 71.4 Å². The van der Waals surface area contributed by atoms with E-state index in [1.54, 1.807) is 30.3 Å². The number of carbonyl (C=O) groups is 1. The second kappa shape index (κ2) is 3.51. The first-order valence-corrected chi connectivity index (χ1v) is 6.68. The van der Waals surface area contributed by atoms with Gasteiger partial charge in [-0.2, -0.15) is 8.42 Å². The van der Waals surface area contributed by atoms with E-state index < -0.39 is 10.1 Å². The molecule has 90 valence electrons. The third kappa shape index (κ3) is 1.48. The van der Waals surface area contributed by atoms with Crippen LogP contribution in [0, 0.1) is 0 Å². The number of rotatable bonds is 1. The highest BCUT2D eigenvalue weighted by Gasteiger charge is 2.31. The molecule has 3 rings (SSSR count). The van der Waals surface area contributed by atoms with Crippen LogP contribution in [0.3, 0.4) is 0 Å². The van der Waals surface area contributed by atoms with Crippen LogP contribution < -0.4 is 0 Å². The first-order chi connectivity index (χ1) is 8.48. The average molecular weight is 260 g/mol. The van der Waals surface area contributed by atoms with Crippen LogP contribution in [0.5, 0.6) is 0 Å². The zero-order chi connectivity index (χ0) is 12.9. The van der Waals surface area contributed by atoms with Gasteiger partial charge >= 0.3 is 0 Å². The van der Waals surface area contributed by atoms with Crippen LogP contribution in [0.15, 0.2) is 46.9 Å². The van der Waals surface area contributed by atoms with Crippen LogP contribution in [0.1, 0.15) is 11.1 Å². The smallest absolute Gasteiger partial charge is 0.289 e. The van der Waals surface area contributed by atoms with Gasteiger partial charge in [0.05, 0.1) is 0 Å². The number of hydrogen-bond donors (Lipinski definition) is 1. The second-order valence-electron chi connectivity index (χ2n) is 4.06. The monoisotopic (exact) mass is 260 g/mol. The Kier molecular flexibility index (Phi) is 2.17. The summed E-state index contributed by atoms with van der Waals surface area (Å²) < 4.78 is 31.9. The fourth-order valence-electron chi connectivity index (χ4n) is 2.22. The SMILES string of the molecule is O=C1C=CC(S(=O)(=O)O)=C2C1=Cc1ccccc12. The van der Waals surface area contributed by atoms with Crippen molar-refractivity contribution in [1.82, 2.24) is 0 Å². The van der Waals surface area contributed by atoms with E-state index in [-0.39, 0.29) is 10.7 Å². The Labute approximate surface area is 104 Å². The first-order valence-electron chi connectivity index (χ1n) is 5.24. The molecule has 0 unspecified atom stereocenters. The summed E-state index contributed by atoms with van der Waals surface area (Å²) in [5, 5.41) is 0. The molecule has 1 aromatic rings. The van der Waals surface area contributed by atoms with Crippen molar-refractivity contribution in [3.05, 3.63) is 58.0 Å². The summed E-state index contributed by atoms with van der Waals surface area (Å²) in [6.07, 6.45) is 3.94. The highest BCUT2D eigenvalue weighted by Crippen LogP contribution is 2.41. The van der Waals surface area contributed by atoms with Crippen molar-refractivity contribution >= 4 is 27.6 Å². The molecule has 0 spiro atoms. The number of carbonyl (C=O) groups excluding carboxylic acids is 1. The Morgan fingerprint density at radius 1 is 1.06 bits per heavy atom. The minimum atomic E-state index is -4.35. The molecule has 0 amide bonds. The van der Waals surface area contributed by atoms with Gasteiger partial charge in [-0.15, -0.1) is 0 Å². The van der Waals surface area contributed by atoms with E-state index in [9.17, 15) is 17.8 Å². The molecule has 1 N–H and O–H groups in total. The van der Waals surface area contributed by atoms with Crippen molar-refractivity contribution in [2.75, 3.05) is 0 Å². The maximum Gasteiger partial charge on any atom is 0.295 e. The number of allylic oxidation sites excluding steroid dienone is 4. The Morgan fingerprint density at radius 2 is 1.78 bits per heavy atom. The zero-order valence-electron chi connectivity index (χ0n) is 9.12. The Morgan fingerprint density at radius 3 is 2.50 bits per heavy atom. The van der Waals surface area contributed by atoms with E-state index >= 15 is 0 Å². The largest absolute Gasteiger partial charge is 0.295 e. The van der Waals surface area contributed by atoms with Gasteiger partial charge in [0, 0.05) is 11.1 Å². The lowest BCUT2D eigenvalue weighted by molar-refractivity contribution is -0.110. The molecule has 0 fully saturated rings. The van der Waals surface area contributed by atoms with Crippen molar-refractivity contribution in [3.8, 4) is 0 Å². The van der Waals surface area contributed by atoms with Gasteiger partial charge in [0.1, 0.15) is 4.91 Å². The van der Waals surface area contributed by atoms with E-state index in [4.69, 9.17) is 0 Å². The Hall–Kier alpha value is -1.98. The second-order valence-corrected chi connectivity index (χ2v) is 5.45. The van der Waals surface area contributed by atoms with Gasteiger partial charge in [0.25, 0.3) is 10.1 Å². The highest BCUT2D eigenvalue weighted by molar-refractivity contribution is 7.90. The molecule has 0 saturated heterocycles. The minimum Gasteiger partial charge on any atom is -0.289 e. The molecule has 2 aliphatic rings. The predicted octanol–water partition coefficient (Wildman–Crippen LogP) is 1.82. The summed E-state index contributed by atoms with van der Waals surface area (Å²) >= 11 is 0. The quantitative estimate of drug-likeness (QED) is 0.782. The minimum absolute atomic E-state index is 0.224. The van der Waals surface area contributed by atoms with E-state index in [0.717, 1.165) is 17.7 Å². The van der Waals surface area contributed by atoms with Gasteiger partial charge in [0.15, 0.2) is 5.78 Å². The number of ketones is 1. The highest BCUT2D eigenvalue weighted by atomic mass is 32.2. The maximum atomic E-state index is 11.8. The average Bonchev–Trinajstić information content (AvgIpc) is 2.68. The van der Waals surface area contributed by atoms with Crippen molar-refractivity contribution in [1.29, 1.82) is 0 Å². The number of fused-ring (bicyclic) bond motifs is 3. The lowest BCUT2D eigenvalue weighted by Gasteiger charge is -2.12. The molecule has 0 saturated carbocycles. The van der Waals surface area contributed by atoms with Crippen LogP contribution >= 0.6 is 0 Å². The number of hydrogen-bond acceptors (Lipinski definition) is 3. The van der Waals surface area contributed by atoms with Crippen molar-refractivity contribution < 1.29 is 17.8 Å². The van der Waals surface area contributed by atoms with Crippen LogP contribution in [0.25, 0.3) is 11.6 Å². The summed E-state index contributed by atoms with van der Waals surface area (Å²) in [6.45, 7) is 0. The molecule has 4 nitrogen and oxygen atoms in total. The molecule has 2 aliphatic carbocycles. The number of benzene rings is 1. The molecule has 0 aliphatic heterocycles. The fraction of sp³-hybridized carbons (Fsp3) is 0. The Bertz CT molecular complexity index is 764. The molecule has 0 bridgehead atoms. The Balaban J connectivity index is 2.40.